The second-order valence-corrected chi connectivity index (χ2v) is 7.72. The van der Waals surface area contributed by atoms with Gasteiger partial charge in [-0.05, 0) is 48.7 Å². The minimum atomic E-state index is -1.01. The Kier molecular flexibility index (Phi) is 6.87. The van der Waals surface area contributed by atoms with Crippen LogP contribution in [-0.2, 0) is 6.54 Å². The molecule has 0 atom stereocenters. The maximum Gasteiger partial charge on any atom is 0.335 e. The number of halogens is 1. The molecule has 0 aliphatic carbocycles. The van der Waals surface area contributed by atoms with Crippen LogP contribution < -0.4 is 4.74 Å². The quantitative estimate of drug-likeness (QED) is 0.447. The summed E-state index contributed by atoms with van der Waals surface area (Å²) in [6.07, 6.45) is 1.89. The van der Waals surface area contributed by atoms with Crippen molar-refractivity contribution in [3.63, 3.8) is 0 Å². The fourth-order valence-electron chi connectivity index (χ4n) is 3.23. The van der Waals surface area contributed by atoms with Gasteiger partial charge in [-0.25, -0.2) is 9.18 Å². The number of carboxylic acids is 1. The van der Waals surface area contributed by atoms with Crippen LogP contribution >= 0.6 is 0 Å². The molecule has 1 heterocycles. The third kappa shape index (κ3) is 5.06. The minimum absolute atomic E-state index is 0.165. The molecule has 0 spiro atoms. The van der Waals surface area contributed by atoms with Crippen LogP contribution in [0.2, 0.25) is 0 Å². The highest BCUT2D eigenvalue weighted by Gasteiger charge is 2.18. The average Bonchev–Trinajstić information content (AvgIpc) is 3.11. The van der Waals surface area contributed by atoms with Gasteiger partial charge >= 0.3 is 5.97 Å². The smallest absolute Gasteiger partial charge is 0.335 e. The van der Waals surface area contributed by atoms with Gasteiger partial charge in [0.25, 0.3) is 0 Å². The Morgan fingerprint density at radius 3 is 2.67 bits per heavy atom. The van der Waals surface area contributed by atoms with Gasteiger partial charge in [0.1, 0.15) is 11.6 Å². The van der Waals surface area contributed by atoms with Crippen molar-refractivity contribution in [1.82, 2.24) is 9.78 Å². The van der Waals surface area contributed by atoms with E-state index in [4.69, 9.17) is 9.84 Å². The van der Waals surface area contributed by atoms with Crippen LogP contribution in [0.1, 0.15) is 44.0 Å². The summed E-state index contributed by atoms with van der Waals surface area (Å²) in [5.41, 5.74) is 2.88. The highest BCUT2D eigenvalue weighted by molar-refractivity contribution is 5.90. The van der Waals surface area contributed by atoms with Crippen LogP contribution in [0.4, 0.5) is 4.39 Å². The summed E-state index contributed by atoms with van der Waals surface area (Å²) in [6.45, 7) is 7.44. The number of hydrogen-bond acceptors (Lipinski definition) is 3. The zero-order valence-corrected chi connectivity index (χ0v) is 17.6. The molecule has 3 rings (SSSR count). The Bertz CT molecular complexity index is 1030. The van der Waals surface area contributed by atoms with E-state index in [9.17, 15) is 14.3 Å². The Balaban J connectivity index is 2.11. The van der Waals surface area contributed by atoms with Gasteiger partial charge in [0, 0.05) is 17.7 Å². The van der Waals surface area contributed by atoms with Crippen molar-refractivity contribution >= 4 is 5.97 Å². The molecule has 1 aromatic heterocycles. The molecule has 0 fully saturated rings. The maximum absolute atomic E-state index is 13.8. The van der Waals surface area contributed by atoms with Crippen LogP contribution in [-0.4, -0.2) is 27.5 Å². The molecule has 0 bridgehead atoms. The summed E-state index contributed by atoms with van der Waals surface area (Å²) in [4.78, 5) is 11.5. The highest BCUT2D eigenvalue weighted by atomic mass is 19.1. The summed E-state index contributed by atoms with van der Waals surface area (Å²) < 4.78 is 21.6. The number of aromatic carboxylic acids is 1. The van der Waals surface area contributed by atoms with Crippen molar-refractivity contribution in [3.05, 3.63) is 59.9 Å². The molecule has 1 N–H and O–H groups in total. The molecule has 0 saturated carbocycles. The number of benzene rings is 2. The first-order chi connectivity index (χ1) is 14.4. The molecule has 0 aliphatic heterocycles. The molecule has 30 heavy (non-hydrogen) atoms. The van der Waals surface area contributed by atoms with Crippen LogP contribution in [0, 0.1) is 11.7 Å². The number of aromatic nitrogens is 2. The summed E-state index contributed by atoms with van der Waals surface area (Å²) in [7, 11) is 0. The first kappa shape index (κ1) is 21.6. The topological polar surface area (TPSA) is 64.3 Å². The third-order valence-electron chi connectivity index (χ3n) is 4.70. The molecule has 158 valence electrons. The molecule has 0 amide bonds. The van der Waals surface area contributed by atoms with E-state index in [2.05, 4.69) is 20.8 Å². The molecule has 0 radical (unpaired) electrons. The van der Waals surface area contributed by atoms with Crippen molar-refractivity contribution in [2.75, 3.05) is 6.61 Å². The van der Waals surface area contributed by atoms with Crippen molar-refractivity contribution < 1.29 is 19.0 Å². The fourth-order valence-corrected chi connectivity index (χ4v) is 3.23. The third-order valence-corrected chi connectivity index (χ3v) is 4.70. The van der Waals surface area contributed by atoms with Gasteiger partial charge in [-0.3, -0.25) is 4.68 Å². The Morgan fingerprint density at radius 2 is 2.00 bits per heavy atom. The number of carboxylic acid groups (broad SMARTS) is 1. The molecule has 6 heteroatoms. The Labute approximate surface area is 176 Å². The average molecular weight is 410 g/mol. The fraction of sp³-hybridized carbons (Fsp3) is 0.333. The van der Waals surface area contributed by atoms with E-state index in [1.807, 2.05) is 16.8 Å². The zero-order chi connectivity index (χ0) is 21.7. The number of hydrogen-bond donors (Lipinski definition) is 1. The Hall–Kier alpha value is -3.15. The molecular formula is C24H27FN2O3. The lowest BCUT2D eigenvalue weighted by atomic mass is 10.0. The predicted octanol–water partition coefficient (Wildman–Crippen LogP) is 5.89. The number of nitrogens with zero attached hydrogens (tertiary/aromatic N) is 2. The lowest BCUT2D eigenvalue weighted by Gasteiger charge is -2.11. The maximum atomic E-state index is 13.8. The van der Waals surface area contributed by atoms with Gasteiger partial charge in [0.15, 0.2) is 0 Å². The summed E-state index contributed by atoms with van der Waals surface area (Å²) >= 11 is 0. The second kappa shape index (κ2) is 9.57. The molecule has 0 saturated heterocycles. The predicted molar refractivity (Wildman–Crippen MR) is 115 cm³/mol. The zero-order valence-electron chi connectivity index (χ0n) is 17.6. The standard InChI is InChI=1S/C24H27FN2O3/c1-4-5-11-30-23-10-9-18(24(28)29)13-20(23)21-14-22(27(26-21)15-16(2)3)17-7-6-8-19(25)12-17/h6-10,12-14,16H,4-5,11,15H2,1-3H3,(H,28,29). The summed E-state index contributed by atoms with van der Waals surface area (Å²) in [5, 5.41) is 14.2. The molecule has 5 nitrogen and oxygen atoms in total. The number of carbonyl (C=O) groups is 1. The lowest BCUT2D eigenvalue weighted by molar-refractivity contribution is 0.0697. The molecule has 0 unspecified atom stereocenters. The van der Waals surface area contributed by atoms with E-state index in [-0.39, 0.29) is 11.4 Å². The van der Waals surface area contributed by atoms with Gasteiger partial charge < -0.3 is 9.84 Å². The lowest BCUT2D eigenvalue weighted by Crippen LogP contribution is -2.08. The van der Waals surface area contributed by atoms with Crippen molar-refractivity contribution in [2.24, 2.45) is 5.92 Å². The summed E-state index contributed by atoms with van der Waals surface area (Å²) in [5.74, 6) is -0.407. The van der Waals surface area contributed by atoms with Crippen molar-refractivity contribution in [2.45, 2.75) is 40.2 Å². The van der Waals surface area contributed by atoms with E-state index in [0.717, 1.165) is 24.1 Å². The van der Waals surface area contributed by atoms with Crippen molar-refractivity contribution in [3.8, 4) is 28.3 Å². The van der Waals surface area contributed by atoms with E-state index in [1.54, 1.807) is 18.2 Å². The van der Waals surface area contributed by atoms with Gasteiger partial charge in [-0.15, -0.1) is 0 Å². The van der Waals surface area contributed by atoms with Gasteiger partial charge in [-0.2, -0.15) is 5.10 Å². The normalized spacial score (nSPS) is 11.1. The van der Waals surface area contributed by atoms with Crippen LogP contribution in [0.5, 0.6) is 5.75 Å². The molecule has 2 aromatic carbocycles. The first-order valence-electron chi connectivity index (χ1n) is 10.2. The van der Waals surface area contributed by atoms with E-state index >= 15 is 0 Å². The van der Waals surface area contributed by atoms with Gasteiger partial charge in [0.05, 0.1) is 23.6 Å². The number of rotatable bonds is 9. The van der Waals surface area contributed by atoms with Crippen LogP contribution in [0.3, 0.4) is 0 Å². The second-order valence-electron chi connectivity index (χ2n) is 7.72. The largest absolute Gasteiger partial charge is 0.493 e. The van der Waals surface area contributed by atoms with Gasteiger partial charge in [-0.1, -0.05) is 39.3 Å². The molecule has 0 aliphatic rings. The molecular weight excluding hydrogens is 383 g/mol. The summed E-state index contributed by atoms with van der Waals surface area (Å²) in [6, 6.07) is 13.1. The van der Waals surface area contributed by atoms with E-state index < -0.39 is 5.97 Å². The SMILES string of the molecule is CCCCOc1ccc(C(=O)O)cc1-c1cc(-c2cccc(F)c2)n(CC(C)C)n1. The van der Waals surface area contributed by atoms with E-state index in [0.29, 0.717) is 36.1 Å². The highest BCUT2D eigenvalue weighted by Crippen LogP contribution is 2.34. The minimum Gasteiger partial charge on any atom is -0.493 e. The first-order valence-corrected chi connectivity index (χ1v) is 10.2. The monoisotopic (exact) mass is 410 g/mol. The molecule has 3 aromatic rings. The Morgan fingerprint density at radius 1 is 1.20 bits per heavy atom. The van der Waals surface area contributed by atoms with Gasteiger partial charge in [0.2, 0.25) is 0 Å². The van der Waals surface area contributed by atoms with Crippen LogP contribution in [0.25, 0.3) is 22.5 Å². The van der Waals surface area contributed by atoms with E-state index in [1.165, 1.54) is 18.2 Å². The number of unbranched alkanes of at least 4 members (excludes halogenated alkanes) is 1. The van der Waals surface area contributed by atoms with Crippen LogP contribution in [0.15, 0.2) is 48.5 Å². The number of ether oxygens (including phenoxy) is 1. The van der Waals surface area contributed by atoms with Crippen molar-refractivity contribution in [1.29, 1.82) is 0 Å².